The molecule has 0 saturated carbocycles. The lowest BCUT2D eigenvalue weighted by Gasteiger charge is -2.09. The van der Waals surface area contributed by atoms with E-state index < -0.39 is 0 Å². The summed E-state index contributed by atoms with van der Waals surface area (Å²) in [6.45, 7) is 0.394. The highest BCUT2D eigenvalue weighted by molar-refractivity contribution is 9.10. The van der Waals surface area contributed by atoms with E-state index >= 15 is 0 Å². The first-order chi connectivity index (χ1) is 8.54. The summed E-state index contributed by atoms with van der Waals surface area (Å²) >= 11 is 15.2. The molecular formula is C13H10BrCl2NO. The Kier molecular flexibility index (Phi) is 4.38. The topological polar surface area (TPSA) is 35.2 Å². The van der Waals surface area contributed by atoms with Gasteiger partial charge in [-0.1, -0.05) is 39.1 Å². The molecule has 0 fully saturated rings. The van der Waals surface area contributed by atoms with Crippen LogP contribution >= 0.6 is 39.1 Å². The Labute approximate surface area is 124 Å². The molecule has 2 rings (SSSR count). The molecule has 0 spiro atoms. The van der Waals surface area contributed by atoms with Crippen molar-refractivity contribution in [3.63, 3.8) is 0 Å². The molecular weight excluding hydrogens is 337 g/mol. The first kappa shape index (κ1) is 13.5. The largest absolute Gasteiger partial charge is 0.487 e. The van der Waals surface area contributed by atoms with Gasteiger partial charge in [-0.3, -0.25) is 0 Å². The first-order valence-electron chi connectivity index (χ1n) is 5.17. The van der Waals surface area contributed by atoms with E-state index in [1.165, 1.54) is 0 Å². The molecule has 5 heteroatoms. The SMILES string of the molecule is Nc1cc(Br)cc(COc2ccc(Cl)cc2Cl)c1. The van der Waals surface area contributed by atoms with Gasteiger partial charge in [0.1, 0.15) is 12.4 Å². The summed E-state index contributed by atoms with van der Waals surface area (Å²) in [7, 11) is 0. The smallest absolute Gasteiger partial charge is 0.138 e. The summed E-state index contributed by atoms with van der Waals surface area (Å²) in [5.74, 6) is 0.597. The van der Waals surface area contributed by atoms with Crippen LogP contribution in [0.3, 0.4) is 0 Å². The highest BCUT2D eigenvalue weighted by Gasteiger charge is 2.04. The van der Waals surface area contributed by atoms with Crippen LogP contribution in [0.15, 0.2) is 40.9 Å². The van der Waals surface area contributed by atoms with Crippen LogP contribution in [0.4, 0.5) is 5.69 Å². The van der Waals surface area contributed by atoms with E-state index in [4.69, 9.17) is 33.7 Å². The van der Waals surface area contributed by atoms with Gasteiger partial charge in [0, 0.05) is 15.2 Å². The predicted molar refractivity (Wildman–Crippen MR) is 79.3 cm³/mol. The van der Waals surface area contributed by atoms with Crippen molar-refractivity contribution in [1.82, 2.24) is 0 Å². The number of nitrogen functional groups attached to an aromatic ring is 1. The van der Waals surface area contributed by atoms with Crippen molar-refractivity contribution in [1.29, 1.82) is 0 Å². The van der Waals surface area contributed by atoms with Crippen LogP contribution in [0.5, 0.6) is 5.75 Å². The quantitative estimate of drug-likeness (QED) is 0.801. The number of hydrogen-bond acceptors (Lipinski definition) is 2. The summed E-state index contributed by atoms with van der Waals surface area (Å²) in [6.07, 6.45) is 0. The maximum absolute atomic E-state index is 6.01. The van der Waals surface area contributed by atoms with Crippen molar-refractivity contribution < 1.29 is 4.74 Å². The van der Waals surface area contributed by atoms with Crippen LogP contribution in [0.25, 0.3) is 0 Å². The fourth-order valence-electron chi connectivity index (χ4n) is 1.51. The van der Waals surface area contributed by atoms with E-state index in [9.17, 15) is 0 Å². The Morgan fingerprint density at radius 2 is 1.89 bits per heavy atom. The van der Waals surface area contributed by atoms with E-state index in [-0.39, 0.29) is 0 Å². The summed E-state index contributed by atoms with van der Waals surface area (Å²) < 4.78 is 6.54. The molecule has 0 unspecified atom stereocenters. The number of ether oxygens (including phenoxy) is 1. The molecule has 0 aromatic heterocycles. The van der Waals surface area contributed by atoms with Gasteiger partial charge in [0.05, 0.1) is 5.02 Å². The summed E-state index contributed by atoms with van der Waals surface area (Å²) in [5.41, 5.74) is 7.40. The molecule has 0 saturated heterocycles. The number of hydrogen-bond donors (Lipinski definition) is 1. The lowest BCUT2D eigenvalue weighted by molar-refractivity contribution is 0.306. The maximum atomic E-state index is 6.01. The van der Waals surface area contributed by atoms with Crippen LogP contribution in [0.2, 0.25) is 10.0 Å². The number of rotatable bonds is 3. The van der Waals surface area contributed by atoms with Crippen molar-refractivity contribution in [2.45, 2.75) is 6.61 Å². The number of halogens is 3. The Hall–Kier alpha value is -0.900. The van der Waals surface area contributed by atoms with E-state index in [1.807, 2.05) is 18.2 Å². The third kappa shape index (κ3) is 3.55. The van der Waals surface area contributed by atoms with E-state index in [0.29, 0.717) is 28.1 Å². The molecule has 0 bridgehead atoms. The molecule has 2 aromatic carbocycles. The summed E-state index contributed by atoms with van der Waals surface area (Å²) in [6, 6.07) is 10.8. The molecule has 0 aliphatic rings. The fraction of sp³-hybridized carbons (Fsp3) is 0.0769. The molecule has 2 nitrogen and oxygen atoms in total. The van der Waals surface area contributed by atoms with Crippen LogP contribution in [-0.2, 0) is 6.61 Å². The summed E-state index contributed by atoms with van der Waals surface area (Å²) in [5, 5.41) is 1.07. The van der Waals surface area contributed by atoms with Crippen molar-refractivity contribution in [2.75, 3.05) is 5.73 Å². The standard InChI is InChI=1S/C13H10BrCl2NO/c14-9-3-8(4-11(17)5-9)7-18-13-2-1-10(15)6-12(13)16/h1-6H,7,17H2. The van der Waals surface area contributed by atoms with E-state index in [1.54, 1.807) is 18.2 Å². The van der Waals surface area contributed by atoms with Gasteiger partial charge < -0.3 is 10.5 Å². The second kappa shape index (κ2) is 5.83. The Bertz CT molecular complexity index is 555. The number of nitrogens with two attached hydrogens (primary N) is 1. The lowest BCUT2D eigenvalue weighted by atomic mass is 10.2. The minimum atomic E-state index is 0.394. The van der Waals surface area contributed by atoms with Gasteiger partial charge in [-0.15, -0.1) is 0 Å². The van der Waals surface area contributed by atoms with Crippen LogP contribution in [0, 0.1) is 0 Å². The molecule has 0 atom stereocenters. The number of anilines is 1. The zero-order valence-electron chi connectivity index (χ0n) is 9.29. The normalized spacial score (nSPS) is 10.4. The average molecular weight is 347 g/mol. The predicted octanol–water partition coefficient (Wildman–Crippen LogP) is 4.92. The Balaban J connectivity index is 2.11. The third-order valence-electron chi connectivity index (χ3n) is 2.27. The molecule has 0 heterocycles. The monoisotopic (exact) mass is 345 g/mol. The van der Waals surface area contributed by atoms with Gasteiger partial charge >= 0.3 is 0 Å². The lowest BCUT2D eigenvalue weighted by Crippen LogP contribution is -1.97. The summed E-state index contributed by atoms with van der Waals surface area (Å²) in [4.78, 5) is 0. The second-order valence-electron chi connectivity index (χ2n) is 3.76. The van der Waals surface area contributed by atoms with Crippen molar-refractivity contribution >= 4 is 44.8 Å². The molecule has 18 heavy (non-hydrogen) atoms. The fourth-order valence-corrected chi connectivity index (χ4v) is 2.53. The van der Waals surface area contributed by atoms with Gasteiger partial charge in [0.2, 0.25) is 0 Å². The zero-order valence-corrected chi connectivity index (χ0v) is 12.4. The molecule has 0 aliphatic heterocycles. The van der Waals surface area contributed by atoms with Gasteiger partial charge in [-0.05, 0) is 42.0 Å². The molecule has 2 aromatic rings. The van der Waals surface area contributed by atoms with Crippen molar-refractivity contribution in [3.8, 4) is 5.75 Å². The minimum Gasteiger partial charge on any atom is -0.487 e. The Morgan fingerprint density at radius 3 is 2.56 bits per heavy atom. The van der Waals surface area contributed by atoms with Gasteiger partial charge in [0.15, 0.2) is 0 Å². The van der Waals surface area contributed by atoms with E-state index in [2.05, 4.69) is 15.9 Å². The molecule has 0 radical (unpaired) electrons. The van der Waals surface area contributed by atoms with Gasteiger partial charge in [-0.25, -0.2) is 0 Å². The number of benzene rings is 2. The van der Waals surface area contributed by atoms with Gasteiger partial charge in [0.25, 0.3) is 0 Å². The first-order valence-corrected chi connectivity index (χ1v) is 6.72. The average Bonchev–Trinajstić information content (AvgIpc) is 2.26. The Morgan fingerprint density at radius 1 is 1.11 bits per heavy atom. The van der Waals surface area contributed by atoms with Crippen LogP contribution < -0.4 is 10.5 Å². The molecule has 0 amide bonds. The van der Waals surface area contributed by atoms with Crippen LogP contribution in [0.1, 0.15) is 5.56 Å². The van der Waals surface area contributed by atoms with Crippen molar-refractivity contribution in [2.24, 2.45) is 0 Å². The van der Waals surface area contributed by atoms with E-state index in [0.717, 1.165) is 10.0 Å². The van der Waals surface area contributed by atoms with Crippen molar-refractivity contribution in [3.05, 3.63) is 56.5 Å². The maximum Gasteiger partial charge on any atom is 0.138 e. The highest BCUT2D eigenvalue weighted by atomic mass is 79.9. The molecule has 2 N–H and O–H groups in total. The second-order valence-corrected chi connectivity index (χ2v) is 5.52. The molecule has 0 aliphatic carbocycles. The zero-order chi connectivity index (χ0) is 13.1. The molecule has 94 valence electrons. The highest BCUT2D eigenvalue weighted by Crippen LogP contribution is 2.28. The minimum absolute atomic E-state index is 0.394. The van der Waals surface area contributed by atoms with Gasteiger partial charge in [-0.2, -0.15) is 0 Å². The third-order valence-corrected chi connectivity index (χ3v) is 3.26. The van der Waals surface area contributed by atoms with Crippen LogP contribution in [-0.4, -0.2) is 0 Å².